The molecule has 2 atom stereocenters. The average Bonchev–Trinajstić information content (AvgIpc) is 2.40. The van der Waals surface area contributed by atoms with Gasteiger partial charge in [-0.15, -0.1) is 0 Å². The highest BCUT2D eigenvalue weighted by atomic mass is 35.5. The molecule has 1 aliphatic heterocycles. The van der Waals surface area contributed by atoms with E-state index in [-0.39, 0.29) is 5.91 Å². The van der Waals surface area contributed by atoms with Crippen molar-refractivity contribution in [2.45, 2.75) is 38.8 Å². The molecule has 1 saturated heterocycles. The minimum atomic E-state index is 0.115. The largest absolute Gasteiger partial charge is 0.347 e. The highest BCUT2D eigenvalue weighted by Gasteiger charge is 2.23. The third-order valence-corrected chi connectivity index (χ3v) is 4.27. The molecule has 19 heavy (non-hydrogen) atoms. The molecular weight excluding hydrogens is 260 g/mol. The summed E-state index contributed by atoms with van der Waals surface area (Å²) >= 11 is 6.07. The summed E-state index contributed by atoms with van der Waals surface area (Å²) in [6.45, 7) is 4.43. The Labute approximate surface area is 119 Å². The van der Waals surface area contributed by atoms with Crippen LogP contribution in [0.5, 0.6) is 0 Å². The standard InChI is InChI=1S/C15H21ClN2O/c1-12-6-4-5-9-18(12)11-15(19)17-10-13-7-2-3-8-14(13)16/h2-3,7-8,12H,4-6,9-11H2,1H3,(H,17,19)/p+1/t12-/m1/s1. The van der Waals surface area contributed by atoms with Crippen molar-refractivity contribution in [2.75, 3.05) is 13.1 Å². The van der Waals surface area contributed by atoms with Gasteiger partial charge in [-0.1, -0.05) is 29.8 Å². The molecule has 0 aliphatic carbocycles. The molecule has 1 fully saturated rings. The van der Waals surface area contributed by atoms with E-state index >= 15 is 0 Å². The smallest absolute Gasteiger partial charge is 0.275 e. The molecule has 0 radical (unpaired) electrons. The lowest BCUT2D eigenvalue weighted by molar-refractivity contribution is -0.921. The number of halogens is 1. The predicted molar refractivity (Wildman–Crippen MR) is 77.3 cm³/mol. The van der Waals surface area contributed by atoms with E-state index in [0.29, 0.717) is 24.2 Å². The van der Waals surface area contributed by atoms with Gasteiger partial charge in [-0.05, 0) is 37.8 Å². The number of nitrogens with one attached hydrogen (secondary N) is 2. The molecule has 0 spiro atoms. The van der Waals surface area contributed by atoms with Crippen LogP contribution >= 0.6 is 11.6 Å². The van der Waals surface area contributed by atoms with E-state index in [1.165, 1.54) is 24.2 Å². The first kappa shape index (κ1) is 14.4. The van der Waals surface area contributed by atoms with Crippen LogP contribution in [-0.2, 0) is 11.3 Å². The van der Waals surface area contributed by atoms with E-state index in [4.69, 9.17) is 11.6 Å². The molecule has 2 rings (SSSR count). The lowest BCUT2D eigenvalue weighted by Crippen LogP contribution is -3.17. The summed E-state index contributed by atoms with van der Waals surface area (Å²) in [7, 11) is 0. The number of hydrogen-bond donors (Lipinski definition) is 2. The second-order valence-electron chi connectivity index (χ2n) is 5.35. The maximum Gasteiger partial charge on any atom is 0.275 e. The number of amides is 1. The van der Waals surface area contributed by atoms with Crippen LogP contribution in [-0.4, -0.2) is 25.0 Å². The van der Waals surface area contributed by atoms with Gasteiger partial charge in [0.2, 0.25) is 0 Å². The third kappa shape index (κ3) is 4.22. The van der Waals surface area contributed by atoms with E-state index in [1.54, 1.807) is 0 Å². The van der Waals surface area contributed by atoms with Gasteiger partial charge in [-0.25, -0.2) is 0 Å². The first-order chi connectivity index (χ1) is 9.16. The van der Waals surface area contributed by atoms with E-state index in [0.717, 1.165) is 12.1 Å². The van der Waals surface area contributed by atoms with Crippen LogP contribution in [0.2, 0.25) is 5.02 Å². The van der Waals surface area contributed by atoms with Crippen LogP contribution in [0.4, 0.5) is 0 Å². The molecule has 0 aromatic heterocycles. The Bertz CT molecular complexity index is 436. The zero-order valence-corrected chi connectivity index (χ0v) is 12.2. The Hall–Kier alpha value is -1.06. The topological polar surface area (TPSA) is 33.5 Å². The van der Waals surface area contributed by atoms with Crippen molar-refractivity contribution in [1.29, 1.82) is 0 Å². The molecule has 0 bridgehead atoms. The van der Waals surface area contributed by atoms with Gasteiger partial charge in [0.25, 0.3) is 5.91 Å². The molecule has 3 nitrogen and oxygen atoms in total. The van der Waals surface area contributed by atoms with Crippen LogP contribution in [0.3, 0.4) is 0 Å². The second kappa shape index (κ2) is 6.92. The van der Waals surface area contributed by atoms with Crippen LogP contribution in [0, 0.1) is 0 Å². The number of likely N-dealkylation sites (tertiary alicyclic amines) is 1. The van der Waals surface area contributed by atoms with Crippen molar-refractivity contribution in [3.8, 4) is 0 Å². The molecular formula is C15H22ClN2O+. The minimum Gasteiger partial charge on any atom is -0.347 e. The van der Waals surface area contributed by atoms with Crippen molar-refractivity contribution >= 4 is 17.5 Å². The van der Waals surface area contributed by atoms with Gasteiger partial charge in [-0.2, -0.15) is 0 Å². The lowest BCUT2D eigenvalue weighted by atomic mass is 10.0. The zero-order chi connectivity index (χ0) is 13.7. The van der Waals surface area contributed by atoms with Gasteiger partial charge in [0.05, 0.1) is 12.6 Å². The van der Waals surface area contributed by atoms with Gasteiger partial charge in [-0.3, -0.25) is 4.79 Å². The molecule has 1 unspecified atom stereocenters. The van der Waals surface area contributed by atoms with E-state index < -0.39 is 0 Å². The number of piperidine rings is 1. The highest BCUT2D eigenvalue weighted by Crippen LogP contribution is 2.14. The monoisotopic (exact) mass is 281 g/mol. The maximum atomic E-state index is 12.0. The fraction of sp³-hybridized carbons (Fsp3) is 0.533. The van der Waals surface area contributed by atoms with E-state index in [9.17, 15) is 4.79 Å². The molecule has 2 N–H and O–H groups in total. The molecule has 1 amide bonds. The Balaban J connectivity index is 1.80. The Morgan fingerprint density at radius 3 is 2.95 bits per heavy atom. The van der Waals surface area contributed by atoms with Crippen LogP contribution in [0.25, 0.3) is 0 Å². The molecule has 1 aliphatic rings. The highest BCUT2D eigenvalue weighted by molar-refractivity contribution is 6.31. The fourth-order valence-electron chi connectivity index (χ4n) is 2.62. The summed E-state index contributed by atoms with van der Waals surface area (Å²) in [5.41, 5.74) is 0.971. The van der Waals surface area contributed by atoms with Crippen molar-refractivity contribution in [2.24, 2.45) is 0 Å². The molecule has 104 valence electrons. The Kier molecular flexibility index (Phi) is 5.23. The number of carbonyl (C=O) groups excluding carboxylic acids is 1. The van der Waals surface area contributed by atoms with Gasteiger partial charge >= 0.3 is 0 Å². The number of quaternary nitrogens is 1. The SMILES string of the molecule is C[C@@H]1CCCC[NH+]1CC(=O)NCc1ccccc1Cl. The first-order valence-corrected chi connectivity index (χ1v) is 7.39. The summed E-state index contributed by atoms with van der Waals surface area (Å²) in [6.07, 6.45) is 3.76. The molecule has 1 aromatic carbocycles. The third-order valence-electron chi connectivity index (χ3n) is 3.90. The summed E-state index contributed by atoms with van der Waals surface area (Å²) in [4.78, 5) is 13.4. The van der Waals surface area contributed by atoms with Gasteiger partial charge < -0.3 is 10.2 Å². The van der Waals surface area contributed by atoms with Crippen LogP contribution in [0.15, 0.2) is 24.3 Å². The second-order valence-corrected chi connectivity index (χ2v) is 5.76. The zero-order valence-electron chi connectivity index (χ0n) is 11.4. The van der Waals surface area contributed by atoms with Crippen LogP contribution in [0.1, 0.15) is 31.7 Å². The number of benzene rings is 1. The minimum absolute atomic E-state index is 0.115. The summed E-state index contributed by atoms with van der Waals surface area (Å²) in [5, 5.41) is 3.67. The Morgan fingerprint density at radius 1 is 1.42 bits per heavy atom. The molecule has 1 heterocycles. The molecule has 0 saturated carbocycles. The lowest BCUT2D eigenvalue weighted by Gasteiger charge is -2.29. The average molecular weight is 282 g/mol. The van der Waals surface area contributed by atoms with Crippen LogP contribution < -0.4 is 10.2 Å². The van der Waals surface area contributed by atoms with Crippen molar-refractivity contribution < 1.29 is 9.69 Å². The first-order valence-electron chi connectivity index (χ1n) is 7.01. The van der Waals surface area contributed by atoms with E-state index in [1.807, 2.05) is 24.3 Å². The van der Waals surface area contributed by atoms with Gasteiger partial charge in [0, 0.05) is 11.6 Å². The van der Waals surface area contributed by atoms with Crippen molar-refractivity contribution in [3.05, 3.63) is 34.9 Å². The summed E-state index contributed by atoms with van der Waals surface area (Å²) in [6, 6.07) is 8.22. The summed E-state index contributed by atoms with van der Waals surface area (Å²) in [5.74, 6) is 0.115. The summed E-state index contributed by atoms with van der Waals surface area (Å²) < 4.78 is 0. The van der Waals surface area contributed by atoms with Gasteiger partial charge in [0.15, 0.2) is 6.54 Å². The molecule has 4 heteroatoms. The van der Waals surface area contributed by atoms with Gasteiger partial charge in [0.1, 0.15) is 0 Å². The maximum absolute atomic E-state index is 12.0. The fourth-order valence-corrected chi connectivity index (χ4v) is 2.82. The predicted octanol–water partition coefficient (Wildman–Crippen LogP) is 1.41. The number of hydrogen-bond acceptors (Lipinski definition) is 1. The van der Waals surface area contributed by atoms with Crippen molar-refractivity contribution in [1.82, 2.24) is 5.32 Å². The number of carbonyl (C=O) groups is 1. The molecule has 1 aromatic rings. The van der Waals surface area contributed by atoms with E-state index in [2.05, 4.69) is 12.2 Å². The van der Waals surface area contributed by atoms with Crippen molar-refractivity contribution in [3.63, 3.8) is 0 Å². The normalized spacial score (nSPS) is 23.1. The number of rotatable bonds is 4. The Morgan fingerprint density at radius 2 is 2.21 bits per heavy atom. The quantitative estimate of drug-likeness (QED) is 0.860.